The van der Waals surface area contributed by atoms with Gasteiger partial charge in [-0.1, -0.05) is 6.42 Å². The van der Waals surface area contributed by atoms with Gasteiger partial charge in [0.05, 0.1) is 26.4 Å². The maximum absolute atomic E-state index is 8.76. The highest BCUT2D eigenvalue weighted by Gasteiger charge is 2.45. The van der Waals surface area contributed by atoms with E-state index in [9.17, 15) is 0 Å². The van der Waals surface area contributed by atoms with Crippen LogP contribution in [0.4, 0.5) is 0 Å². The molecule has 15 heavy (non-hydrogen) atoms. The van der Waals surface area contributed by atoms with Crippen molar-refractivity contribution in [3.8, 4) is 0 Å². The van der Waals surface area contributed by atoms with Crippen molar-refractivity contribution in [2.75, 3.05) is 33.0 Å². The molecule has 0 radical (unpaired) electrons. The van der Waals surface area contributed by atoms with Crippen molar-refractivity contribution in [3.63, 3.8) is 0 Å². The maximum Gasteiger partial charge on any atom is 0.175 e. The van der Waals surface area contributed by atoms with Crippen LogP contribution in [-0.4, -0.2) is 43.9 Å². The zero-order valence-electron chi connectivity index (χ0n) is 9.11. The van der Waals surface area contributed by atoms with Crippen LogP contribution in [0.3, 0.4) is 0 Å². The van der Waals surface area contributed by atoms with Gasteiger partial charge >= 0.3 is 0 Å². The van der Waals surface area contributed by atoms with Crippen LogP contribution < -0.4 is 0 Å². The predicted molar refractivity (Wildman–Crippen MR) is 54.5 cm³/mol. The van der Waals surface area contributed by atoms with E-state index in [0.717, 1.165) is 38.9 Å². The van der Waals surface area contributed by atoms with Crippen molar-refractivity contribution in [2.45, 2.75) is 31.5 Å². The molecule has 2 saturated heterocycles. The molecule has 0 aromatic carbocycles. The lowest BCUT2D eigenvalue weighted by molar-refractivity contribution is -0.241. The van der Waals surface area contributed by atoms with Crippen molar-refractivity contribution in [1.29, 1.82) is 0 Å². The molecule has 1 atom stereocenters. The Morgan fingerprint density at radius 3 is 2.67 bits per heavy atom. The Labute approximate surface area is 90.5 Å². The summed E-state index contributed by atoms with van der Waals surface area (Å²) in [5.41, 5.74) is 0. The fraction of sp³-hybridized carbons (Fsp3) is 1.00. The Morgan fingerprint density at radius 1 is 1.13 bits per heavy atom. The second-order valence-electron chi connectivity index (χ2n) is 4.25. The van der Waals surface area contributed by atoms with Crippen LogP contribution in [0.15, 0.2) is 0 Å². The van der Waals surface area contributed by atoms with Crippen LogP contribution in [0.25, 0.3) is 0 Å². The smallest absolute Gasteiger partial charge is 0.175 e. The van der Waals surface area contributed by atoms with Gasteiger partial charge in [-0.2, -0.15) is 0 Å². The normalized spacial score (nSPS) is 29.8. The van der Waals surface area contributed by atoms with Crippen LogP contribution in [0.5, 0.6) is 0 Å². The van der Waals surface area contributed by atoms with Crippen molar-refractivity contribution < 1.29 is 19.3 Å². The second-order valence-corrected chi connectivity index (χ2v) is 4.25. The minimum atomic E-state index is -0.367. The lowest BCUT2D eigenvalue weighted by Crippen LogP contribution is -2.46. The largest absolute Gasteiger partial charge is 0.396 e. The number of hydrogen-bond acceptors (Lipinski definition) is 4. The van der Waals surface area contributed by atoms with Gasteiger partial charge in [0.2, 0.25) is 0 Å². The fourth-order valence-electron chi connectivity index (χ4n) is 2.43. The highest BCUT2D eigenvalue weighted by molar-refractivity contribution is 4.85. The molecule has 2 aliphatic rings. The van der Waals surface area contributed by atoms with Crippen LogP contribution in [0, 0.1) is 5.92 Å². The van der Waals surface area contributed by atoms with Crippen molar-refractivity contribution in [2.24, 2.45) is 5.92 Å². The lowest BCUT2D eigenvalue weighted by atomic mass is 9.89. The molecule has 2 fully saturated rings. The summed E-state index contributed by atoms with van der Waals surface area (Å²) in [6, 6.07) is 0. The van der Waals surface area contributed by atoms with Gasteiger partial charge in [-0.05, 0) is 12.8 Å². The van der Waals surface area contributed by atoms with Gasteiger partial charge in [0, 0.05) is 18.9 Å². The second kappa shape index (κ2) is 5.25. The molecule has 1 N–H and O–H groups in total. The van der Waals surface area contributed by atoms with E-state index in [0.29, 0.717) is 19.1 Å². The first-order valence-corrected chi connectivity index (χ1v) is 5.84. The molecule has 0 bridgehead atoms. The lowest BCUT2D eigenvalue weighted by Gasteiger charge is -2.39. The predicted octanol–water partition coefficient (Wildman–Crippen LogP) is 0.929. The van der Waals surface area contributed by atoms with Crippen LogP contribution in [-0.2, 0) is 14.2 Å². The van der Waals surface area contributed by atoms with Gasteiger partial charge < -0.3 is 19.3 Å². The molecule has 4 heteroatoms. The number of rotatable bonds is 4. The van der Waals surface area contributed by atoms with E-state index in [1.807, 2.05) is 0 Å². The molecule has 0 aliphatic carbocycles. The van der Waals surface area contributed by atoms with Gasteiger partial charge in [0.15, 0.2) is 5.79 Å². The third-order valence-electron chi connectivity index (χ3n) is 3.27. The topological polar surface area (TPSA) is 47.9 Å². The third kappa shape index (κ3) is 2.50. The summed E-state index contributed by atoms with van der Waals surface area (Å²) in [4.78, 5) is 0. The summed E-state index contributed by atoms with van der Waals surface area (Å²) in [6.07, 6.45) is 3.73. The van der Waals surface area contributed by atoms with Gasteiger partial charge in [0.1, 0.15) is 0 Å². The summed E-state index contributed by atoms with van der Waals surface area (Å²) in [5.74, 6) is -0.0337. The number of ether oxygens (including phenoxy) is 3. The van der Waals surface area contributed by atoms with Crippen molar-refractivity contribution in [3.05, 3.63) is 0 Å². The Kier molecular flexibility index (Phi) is 3.97. The van der Waals surface area contributed by atoms with Gasteiger partial charge in [-0.25, -0.2) is 0 Å². The van der Waals surface area contributed by atoms with Gasteiger partial charge in [0.25, 0.3) is 0 Å². The third-order valence-corrected chi connectivity index (χ3v) is 3.27. The number of aliphatic hydroxyl groups excluding tert-OH is 1. The molecule has 1 unspecified atom stereocenters. The highest BCUT2D eigenvalue weighted by atomic mass is 16.7. The Hall–Kier alpha value is -0.160. The summed E-state index contributed by atoms with van der Waals surface area (Å²) in [5, 5.41) is 8.76. The Balaban J connectivity index is 1.88. The van der Waals surface area contributed by atoms with E-state index in [1.165, 1.54) is 0 Å². The molecule has 88 valence electrons. The average molecular weight is 216 g/mol. The Bertz CT molecular complexity index is 189. The van der Waals surface area contributed by atoms with E-state index in [1.54, 1.807) is 0 Å². The van der Waals surface area contributed by atoms with Crippen molar-refractivity contribution >= 4 is 0 Å². The molecule has 4 nitrogen and oxygen atoms in total. The standard InChI is InChI=1S/C11H20O4/c12-5-2-1-3-10-9-13-6-4-11(10)14-7-8-15-11/h10,12H,1-9H2. The average Bonchev–Trinajstić information content (AvgIpc) is 2.71. The monoisotopic (exact) mass is 216 g/mol. The van der Waals surface area contributed by atoms with Gasteiger partial charge in [-0.3, -0.25) is 0 Å². The molecule has 0 amide bonds. The molecule has 0 aromatic rings. The SMILES string of the molecule is OCCCCC1COCCC12OCCO2. The zero-order chi connectivity index (χ0) is 10.6. The molecular weight excluding hydrogens is 196 g/mol. The molecular formula is C11H20O4. The highest BCUT2D eigenvalue weighted by Crippen LogP contribution is 2.37. The molecule has 2 rings (SSSR count). The van der Waals surface area contributed by atoms with E-state index >= 15 is 0 Å². The van der Waals surface area contributed by atoms with E-state index in [4.69, 9.17) is 19.3 Å². The fourth-order valence-corrected chi connectivity index (χ4v) is 2.43. The minimum absolute atomic E-state index is 0.266. The van der Waals surface area contributed by atoms with E-state index < -0.39 is 0 Å². The summed E-state index contributed by atoms with van der Waals surface area (Å²) in [7, 11) is 0. The molecule has 2 aliphatic heterocycles. The van der Waals surface area contributed by atoms with E-state index in [-0.39, 0.29) is 12.4 Å². The molecule has 0 saturated carbocycles. The first kappa shape index (κ1) is 11.3. The maximum atomic E-state index is 8.76. The van der Waals surface area contributed by atoms with Crippen molar-refractivity contribution in [1.82, 2.24) is 0 Å². The molecule has 2 heterocycles. The number of hydrogen-bond donors (Lipinski definition) is 1. The first-order valence-electron chi connectivity index (χ1n) is 5.84. The molecule has 0 aromatic heterocycles. The minimum Gasteiger partial charge on any atom is -0.396 e. The summed E-state index contributed by atoms with van der Waals surface area (Å²) >= 11 is 0. The summed E-state index contributed by atoms with van der Waals surface area (Å²) in [6.45, 7) is 3.14. The van der Waals surface area contributed by atoms with Crippen LogP contribution >= 0.6 is 0 Å². The Morgan fingerprint density at radius 2 is 1.93 bits per heavy atom. The van der Waals surface area contributed by atoms with Crippen LogP contribution in [0.1, 0.15) is 25.7 Å². The number of unbranched alkanes of at least 4 members (excludes halogenated alkanes) is 1. The number of aliphatic hydroxyl groups is 1. The van der Waals surface area contributed by atoms with Crippen LogP contribution in [0.2, 0.25) is 0 Å². The molecule has 1 spiro atoms. The van der Waals surface area contributed by atoms with Gasteiger partial charge in [-0.15, -0.1) is 0 Å². The zero-order valence-corrected chi connectivity index (χ0v) is 9.11. The summed E-state index contributed by atoms with van der Waals surface area (Å²) < 4.78 is 17.0. The van der Waals surface area contributed by atoms with E-state index in [2.05, 4.69) is 0 Å². The quantitative estimate of drug-likeness (QED) is 0.710. The first-order chi connectivity index (χ1) is 7.37.